The van der Waals surface area contributed by atoms with Gasteiger partial charge in [-0.05, 0) is 23.8 Å². The summed E-state index contributed by atoms with van der Waals surface area (Å²) in [7, 11) is 3.98. The minimum Gasteiger partial charge on any atom is -0.331 e. The van der Waals surface area contributed by atoms with Crippen molar-refractivity contribution in [2.45, 2.75) is 12.5 Å². The summed E-state index contributed by atoms with van der Waals surface area (Å²) in [5.41, 5.74) is 2.87. The number of fused-ring (bicyclic) bond motifs is 1. The maximum absolute atomic E-state index is 12.9. The number of nitrogens with one attached hydrogen (secondary N) is 3. The van der Waals surface area contributed by atoms with E-state index in [9.17, 15) is 9.59 Å². The fourth-order valence-electron chi connectivity index (χ4n) is 2.80. The van der Waals surface area contributed by atoms with Gasteiger partial charge < -0.3 is 14.9 Å². The van der Waals surface area contributed by atoms with Gasteiger partial charge in [-0.2, -0.15) is 0 Å². The van der Waals surface area contributed by atoms with E-state index in [-0.39, 0.29) is 17.5 Å². The lowest BCUT2D eigenvalue weighted by molar-refractivity contribution is -0.874. The van der Waals surface area contributed by atoms with E-state index in [4.69, 9.17) is 0 Å². The number of Topliss-reactive ketones (excluding diaryl/α,β-unsaturated/α-hetero) is 1. The minimum absolute atomic E-state index is 0.0813. The Morgan fingerprint density at radius 1 is 1.04 bits per heavy atom. The molecule has 0 spiro atoms. The van der Waals surface area contributed by atoms with Gasteiger partial charge >= 0.3 is 5.69 Å². The Hall–Kier alpha value is -2.66. The van der Waals surface area contributed by atoms with Crippen LogP contribution in [0.3, 0.4) is 0 Å². The van der Waals surface area contributed by atoms with Crippen molar-refractivity contribution in [3.8, 4) is 0 Å². The molecule has 5 heteroatoms. The summed E-state index contributed by atoms with van der Waals surface area (Å²) >= 11 is 0. The number of aromatic nitrogens is 2. The molecule has 3 rings (SSSR count). The van der Waals surface area contributed by atoms with Gasteiger partial charge in [-0.1, -0.05) is 30.3 Å². The Morgan fingerprint density at radius 2 is 1.74 bits per heavy atom. The summed E-state index contributed by atoms with van der Waals surface area (Å²) in [6, 6.07) is 15.1. The Morgan fingerprint density at radius 3 is 2.43 bits per heavy atom. The van der Waals surface area contributed by atoms with Crippen LogP contribution in [0.15, 0.2) is 53.3 Å². The van der Waals surface area contributed by atoms with Crippen LogP contribution in [0.25, 0.3) is 11.0 Å². The summed E-state index contributed by atoms with van der Waals surface area (Å²) in [5.74, 6) is 0.0813. The van der Waals surface area contributed by atoms with Crippen LogP contribution in [0, 0.1) is 0 Å². The first-order chi connectivity index (χ1) is 11.0. The SMILES string of the molecule is C[NH+](C)[C@@H](Cc1ccccc1)C(=O)c1ccc2[nH]c(=O)[nH]c2c1. The molecule has 118 valence electrons. The van der Waals surface area contributed by atoms with Crippen molar-refractivity contribution in [1.29, 1.82) is 0 Å². The lowest BCUT2D eigenvalue weighted by Crippen LogP contribution is -3.11. The molecule has 2 aromatic carbocycles. The van der Waals surface area contributed by atoms with Gasteiger partial charge in [0.2, 0.25) is 5.78 Å². The van der Waals surface area contributed by atoms with Crippen LogP contribution >= 0.6 is 0 Å². The van der Waals surface area contributed by atoms with Crippen LogP contribution in [-0.2, 0) is 6.42 Å². The number of aromatic amines is 2. The van der Waals surface area contributed by atoms with Crippen LogP contribution in [0.1, 0.15) is 15.9 Å². The molecule has 0 saturated carbocycles. The van der Waals surface area contributed by atoms with Crippen LogP contribution in [0.4, 0.5) is 0 Å². The van der Waals surface area contributed by atoms with Gasteiger partial charge in [0.05, 0.1) is 25.1 Å². The number of quaternary nitrogens is 1. The molecule has 0 aliphatic heterocycles. The Kier molecular flexibility index (Phi) is 4.12. The average Bonchev–Trinajstić information content (AvgIpc) is 2.91. The van der Waals surface area contributed by atoms with E-state index in [2.05, 4.69) is 9.97 Å². The standard InChI is InChI=1S/C18H19N3O2/c1-21(2)16(10-12-6-4-3-5-7-12)17(22)13-8-9-14-15(11-13)20-18(23)19-14/h3-9,11,16H,10H2,1-2H3,(H2,19,20,23)/p+1/t16-/m0/s1. The first-order valence-electron chi connectivity index (χ1n) is 7.65. The second kappa shape index (κ2) is 6.22. The number of ketones is 1. The van der Waals surface area contributed by atoms with Gasteiger partial charge in [-0.25, -0.2) is 4.79 Å². The highest BCUT2D eigenvalue weighted by molar-refractivity contribution is 6.01. The van der Waals surface area contributed by atoms with Gasteiger partial charge in [-0.3, -0.25) is 4.79 Å². The smallest absolute Gasteiger partial charge is 0.323 e. The lowest BCUT2D eigenvalue weighted by Gasteiger charge is -2.20. The number of H-pyrrole nitrogens is 2. The van der Waals surface area contributed by atoms with Crippen molar-refractivity contribution in [3.05, 3.63) is 70.1 Å². The highest BCUT2D eigenvalue weighted by Gasteiger charge is 2.26. The molecule has 3 N–H and O–H groups in total. The topological polar surface area (TPSA) is 70.2 Å². The number of rotatable bonds is 5. The Labute approximate surface area is 134 Å². The molecule has 1 aromatic heterocycles. The predicted octanol–water partition coefficient (Wildman–Crippen LogP) is 0.795. The summed E-state index contributed by atoms with van der Waals surface area (Å²) in [5, 5.41) is 0. The number of carbonyl (C=O) groups excluding carboxylic acids is 1. The van der Waals surface area contributed by atoms with Crippen molar-refractivity contribution in [1.82, 2.24) is 9.97 Å². The van der Waals surface area contributed by atoms with Gasteiger partial charge in [-0.15, -0.1) is 0 Å². The van der Waals surface area contributed by atoms with Crippen molar-refractivity contribution >= 4 is 16.8 Å². The normalized spacial score (nSPS) is 12.7. The molecule has 3 aromatic rings. The first-order valence-corrected chi connectivity index (χ1v) is 7.65. The molecule has 0 amide bonds. The Balaban J connectivity index is 1.91. The van der Waals surface area contributed by atoms with E-state index in [1.165, 1.54) is 0 Å². The van der Waals surface area contributed by atoms with Crippen molar-refractivity contribution in [2.75, 3.05) is 14.1 Å². The number of likely N-dealkylation sites (N-methyl/N-ethyl adjacent to an activating group) is 1. The molecule has 0 saturated heterocycles. The third-order valence-electron chi connectivity index (χ3n) is 4.10. The summed E-state index contributed by atoms with van der Waals surface area (Å²) in [6.07, 6.45) is 0.684. The molecule has 0 unspecified atom stereocenters. The van der Waals surface area contributed by atoms with Crippen LogP contribution < -0.4 is 10.6 Å². The van der Waals surface area contributed by atoms with Gasteiger partial charge in [0, 0.05) is 12.0 Å². The Bertz CT molecular complexity index is 878. The number of hydrogen-bond donors (Lipinski definition) is 3. The molecule has 0 fully saturated rings. The maximum Gasteiger partial charge on any atom is 0.323 e. The monoisotopic (exact) mass is 310 g/mol. The summed E-state index contributed by atoms with van der Waals surface area (Å²) in [6.45, 7) is 0. The minimum atomic E-state index is -0.260. The number of imidazole rings is 1. The third kappa shape index (κ3) is 3.24. The zero-order valence-electron chi connectivity index (χ0n) is 13.2. The van der Waals surface area contributed by atoms with Crippen molar-refractivity contribution in [3.63, 3.8) is 0 Å². The number of hydrogen-bond acceptors (Lipinski definition) is 2. The third-order valence-corrected chi connectivity index (χ3v) is 4.10. The van der Waals surface area contributed by atoms with Gasteiger partial charge in [0.15, 0.2) is 6.04 Å². The highest BCUT2D eigenvalue weighted by atomic mass is 16.1. The molecule has 0 aliphatic carbocycles. The van der Waals surface area contributed by atoms with Gasteiger partial charge in [0.25, 0.3) is 0 Å². The largest absolute Gasteiger partial charge is 0.331 e. The zero-order chi connectivity index (χ0) is 16.4. The predicted molar refractivity (Wildman–Crippen MR) is 90.0 cm³/mol. The highest BCUT2D eigenvalue weighted by Crippen LogP contribution is 2.13. The van der Waals surface area contributed by atoms with Crippen LogP contribution in [0.2, 0.25) is 0 Å². The molecule has 1 heterocycles. The summed E-state index contributed by atoms with van der Waals surface area (Å²) < 4.78 is 0. The molecule has 1 atom stereocenters. The molecule has 23 heavy (non-hydrogen) atoms. The molecule has 5 nitrogen and oxygen atoms in total. The fourth-order valence-corrected chi connectivity index (χ4v) is 2.80. The molecule has 0 bridgehead atoms. The van der Waals surface area contributed by atoms with E-state index in [1.807, 2.05) is 44.4 Å². The van der Waals surface area contributed by atoms with Crippen molar-refractivity contribution in [2.24, 2.45) is 0 Å². The van der Waals surface area contributed by atoms with Crippen LogP contribution in [0.5, 0.6) is 0 Å². The van der Waals surface area contributed by atoms with E-state index >= 15 is 0 Å². The molecule has 0 radical (unpaired) electrons. The first kappa shape index (κ1) is 15.2. The number of benzene rings is 2. The fraction of sp³-hybridized carbons (Fsp3) is 0.222. The van der Waals surface area contributed by atoms with Crippen LogP contribution in [-0.4, -0.2) is 35.9 Å². The van der Waals surface area contributed by atoms with Crippen molar-refractivity contribution < 1.29 is 9.69 Å². The zero-order valence-corrected chi connectivity index (χ0v) is 13.2. The second-order valence-corrected chi connectivity index (χ2v) is 6.02. The van der Waals surface area contributed by atoms with Gasteiger partial charge in [0.1, 0.15) is 0 Å². The second-order valence-electron chi connectivity index (χ2n) is 6.02. The molecule has 0 aliphatic rings. The maximum atomic E-state index is 12.9. The van der Waals surface area contributed by atoms with E-state index in [0.717, 1.165) is 10.5 Å². The lowest BCUT2D eigenvalue weighted by atomic mass is 9.96. The molecular weight excluding hydrogens is 290 g/mol. The van der Waals surface area contributed by atoms with E-state index in [1.54, 1.807) is 18.2 Å². The molecular formula is C18H20N3O2+. The van der Waals surface area contributed by atoms with E-state index < -0.39 is 0 Å². The summed E-state index contributed by atoms with van der Waals surface area (Å²) in [4.78, 5) is 30.7. The number of carbonyl (C=O) groups is 1. The average molecular weight is 310 g/mol. The van der Waals surface area contributed by atoms with E-state index in [0.29, 0.717) is 23.0 Å². The quantitative estimate of drug-likeness (QED) is 0.610.